The van der Waals surface area contributed by atoms with Gasteiger partial charge in [0.25, 0.3) is 5.91 Å². The van der Waals surface area contributed by atoms with Crippen molar-refractivity contribution in [2.75, 3.05) is 18.5 Å². The van der Waals surface area contributed by atoms with Crippen LogP contribution < -0.4 is 10.1 Å². The maximum Gasteiger partial charge on any atom is 0.306 e. The molecule has 0 aliphatic carbocycles. The van der Waals surface area contributed by atoms with E-state index in [-0.39, 0.29) is 18.6 Å². The van der Waals surface area contributed by atoms with Crippen molar-refractivity contribution in [2.45, 2.75) is 26.2 Å². The molecule has 9 heteroatoms. The summed E-state index contributed by atoms with van der Waals surface area (Å²) >= 11 is 1.05. The first-order chi connectivity index (χ1) is 14.6. The summed E-state index contributed by atoms with van der Waals surface area (Å²) in [5.74, 6) is -0.586. The molecule has 2 aromatic carbocycles. The van der Waals surface area contributed by atoms with Gasteiger partial charge >= 0.3 is 5.97 Å². The van der Waals surface area contributed by atoms with Crippen LogP contribution in [-0.4, -0.2) is 39.6 Å². The predicted molar refractivity (Wildman–Crippen MR) is 113 cm³/mol. The molecule has 30 heavy (non-hydrogen) atoms. The average Bonchev–Trinajstić information content (AvgIpc) is 3.25. The summed E-state index contributed by atoms with van der Waals surface area (Å²) in [4.78, 5) is 36.1. The van der Waals surface area contributed by atoms with Crippen molar-refractivity contribution < 1.29 is 23.9 Å². The van der Waals surface area contributed by atoms with Crippen molar-refractivity contribution >= 4 is 46.1 Å². The summed E-state index contributed by atoms with van der Waals surface area (Å²) in [6, 6.07) is 12.0. The van der Waals surface area contributed by atoms with E-state index < -0.39 is 18.5 Å². The Labute approximate surface area is 177 Å². The number of benzene rings is 2. The van der Waals surface area contributed by atoms with Crippen LogP contribution in [0.4, 0.5) is 5.69 Å². The third-order valence-electron chi connectivity index (χ3n) is 4.13. The molecule has 0 aliphatic heterocycles. The number of nitrogens with one attached hydrogen (secondary N) is 1. The second kappa shape index (κ2) is 10.4. The van der Waals surface area contributed by atoms with E-state index in [9.17, 15) is 14.4 Å². The van der Waals surface area contributed by atoms with E-state index in [2.05, 4.69) is 14.1 Å². The van der Waals surface area contributed by atoms with Crippen molar-refractivity contribution in [1.29, 1.82) is 0 Å². The quantitative estimate of drug-likeness (QED) is 0.389. The molecule has 3 aromatic rings. The van der Waals surface area contributed by atoms with E-state index in [1.165, 1.54) is 0 Å². The molecular weight excluding hydrogens is 406 g/mol. The number of amides is 1. The molecule has 0 radical (unpaired) electrons. The Hall–Kier alpha value is -3.33. The summed E-state index contributed by atoms with van der Waals surface area (Å²) in [7, 11) is 0. The third kappa shape index (κ3) is 5.84. The minimum absolute atomic E-state index is 0.000578. The smallest absolute Gasteiger partial charge is 0.306 e. The maximum absolute atomic E-state index is 12.2. The van der Waals surface area contributed by atoms with Crippen LogP contribution in [0.2, 0.25) is 0 Å². The zero-order chi connectivity index (χ0) is 21.3. The Bertz CT molecular complexity index is 1030. The van der Waals surface area contributed by atoms with E-state index in [0.29, 0.717) is 34.6 Å². The number of hydrogen-bond acceptors (Lipinski definition) is 8. The number of rotatable bonds is 10. The van der Waals surface area contributed by atoms with Crippen LogP contribution in [0, 0.1) is 0 Å². The minimum Gasteiger partial charge on any atom is -0.494 e. The van der Waals surface area contributed by atoms with E-state index in [0.717, 1.165) is 18.1 Å². The van der Waals surface area contributed by atoms with E-state index in [4.69, 9.17) is 9.47 Å². The van der Waals surface area contributed by atoms with Gasteiger partial charge in [-0.2, -0.15) is 8.75 Å². The fourth-order valence-electron chi connectivity index (χ4n) is 2.63. The van der Waals surface area contributed by atoms with Gasteiger partial charge in [-0.15, -0.1) is 0 Å². The predicted octanol–water partition coefficient (Wildman–Crippen LogP) is 3.62. The largest absolute Gasteiger partial charge is 0.494 e. The molecule has 0 unspecified atom stereocenters. The summed E-state index contributed by atoms with van der Waals surface area (Å²) in [5.41, 5.74) is 2.26. The van der Waals surface area contributed by atoms with Gasteiger partial charge in [-0.05, 0) is 42.8 Å². The number of ketones is 1. The number of fused-ring (bicyclic) bond motifs is 1. The number of ether oxygens (including phenoxy) is 2. The van der Waals surface area contributed by atoms with Gasteiger partial charge in [-0.3, -0.25) is 14.4 Å². The van der Waals surface area contributed by atoms with Gasteiger partial charge in [0.05, 0.1) is 30.4 Å². The maximum atomic E-state index is 12.2. The molecule has 1 N–H and O–H groups in total. The molecule has 0 aliphatic rings. The van der Waals surface area contributed by atoms with Gasteiger partial charge in [-0.1, -0.05) is 13.0 Å². The number of esters is 1. The monoisotopic (exact) mass is 427 g/mol. The molecule has 0 spiro atoms. The fraction of sp³-hybridized carbons (Fsp3) is 0.286. The first kappa shape index (κ1) is 21.4. The molecule has 8 nitrogen and oxygen atoms in total. The molecule has 1 heterocycles. The Balaban J connectivity index is 1.41. The lowest BCUT2D eigenvalue weighted by Gasteiger charge is -2.07. The van der Waals surface area contributed by atoms with Crippen LogP contribution in [0.15, 0.2) is 42.5 Å². The van der Waals surface area contributed by atoms with Crippen LogP contribution in [0.5, 0.6) is 5.75 Å². The summed E-state index contributed by atoms with van der Waals surface area (Å²) in [5, 5.41) is 2.65. The number of carbonyl (C=O) groups excluding carboxylic acids is 3. The Morgan fingerprint density at radius 3 is 2.60 bits per heavy atom. The Kier molecular flexibility index (Phi) is 7.45. The average molecular weight is 427 g/mol. The molecule has 1 aromatic heterocycles. The van der Waals surface area contributed by atoms with Gasteiger partial charge in [0.2, 0.25) is 0 Å². The highest BCUT2D eigenvalue weighted by atomic mass is 32.1. The number of aromatic nitrogens is 2. The number of anilines is 1. The standard InChI is InChI=1S/C21H21N3O5S/c1-2-12-28-15-8-6-14(7-9-15)18(25)10-11-20(27)29-13-19(26)22-16-4-3-5-17-21(16)24-30-23-17/h3-9H,2,10-13H2,1H3,(H,22,26). The lowest BCUT2D eigenvalue weighted by molar-refractivity contribution is -0.147. The van der Waals surface area contributed by atoms with Crippen molar-refractivity contribution in [3.8, 4) is 5.75 Å². The molecule has 0 atom stereocenters. The molecule has 0 bridgehead atoms. The van der Waals surface area contributed by atoms with Crippen LogP contribution in [0.25, 0.3) is 11.0 Å². The van der Waals surface area contributed by atoms with Crippen molar-refractivity contribution in [3.63, 3.8) is 0 Å². The highest BCUT2D eigenvalue weighted by Crippen LogP contribution is 2.21. The van der Waals surface area contributed by atoms with Crippen LogP contribution >= 0.6 is 11.7 Å². The fourth-order valence-corrected chi connectivity index (χ4v) is 3.18. The Morgan fingerprint density at radius 1 is 1.03 bits per heavy atom. The van der Waals surface area contributed by atoms with E-state index in [1.54, 1.807) is 42.5 Å². The number of hydrogen-bond donors (Lipinski definition) is 1. The second-order valence-corrected chi connectivity index (χ2v) is 6.97. The summed E-state index contributed by atoms with van der Waals surface area (Å²) in [6.45, 7) is 2.19. The van der Waals surface area contributed by atoms with Crippen molar-refractivity contribution in [2.24, 2.45) is 0 Å². The Morgan fingerprint density at radius 2 is 1.83 bits per heavy atom. The minimum atomic E-state index is -0.616. The zero-order valence-corrected chi connectivity index (χ0v) is 17.2. The van der Waals surface area contributed by atoms with Gasteiger partial charge in [-0.25, -0.2) is 0 Å². The molecule has 0 saturated carbocycles. The first-order valence-electron chi connectivity index (χ1n) is 9.49. The lowest BCUT2D eigenvalue weighted by atomic mass is 10.1. The molecule has 1 amide bonds. The normalized spacial score (nSPS) is 10.6. The van der Waals surface area contributed by atoms with Gasteiger partial charge in [0.1, 0.15) is 16.8 Å². The third-order valence-corrected chi connectivity index (χ3v) is 4.67. The van der Waals surface area contributed by atoms with Crippen LogP contribution in [-0.2, 0) is 14.3 Å². The van der Waals surface area contributed by atoms with E-state index >= 15 is 0 Å². The molecule has 156 valence electrons. The van der Waals surface area contributed by atoms with E-state index in [1.807, 2.05) is 6.92 Å². The van der Waals surface area contributed by atoms with Gasteiger partial charge in [0, 0.05) is 12.0 Å². The number of carbonyl (C=O) groups is 3. The zero-order valence-electron chi connectivity index (χ0n) is 16.4. The first-order valence-corrected chi connectivity index (χ1v) is 10.2. The highest BCUT2D eigenvalue weighted by Gasteiger charge is 2.13. The van der Waals surface area contributed by atoms with Crippen LogP contribution in [0.3, 0.4) is 0 Å². The van der Waals surface area contributed by atoms with Crippen molar-refractivity contribution in [1.82, 2.24) is 8.75 Å². The summed E-state index contributed by atoms with van der Waals surface area (Å²) in [6.07, 6.45) is 0.795. The number of Topliss-reactive ketones (excluding diaryl/α,β-unsaturated/α-hetero) is 1. The summed E-state index contributed by atoms with van der Waals surface area (Å²) < 4.78 is 18.7. The molecule has 0 saturated heterocycles. The number of nitrogens with zero attached hydrogens (tertiary/aromatic N) is 2. The van der Waals surface area contributed by atoms with Crippen molar-refractivity contribution in [3.05, 3.63) is 48.0 Å². The lowest BCUT2D eigenvalue weighted by Crippen LogP contribution is -2.21. The highest BCUT2D eigenvalue weighted by molar-refractivity contribution is 7.00. The van der Waals surface area contributed by atoms with Gasteiger partial charge in [0.15, 0.2) is 12.4 Å². The van der Waals surface area contributed by atoms with Gasteiger partial charge < -0.3 is 14.8 Å². The van der Waals surface area contributed by atoms with Crippen LogP contribution in [0.1, 0.15) is 36.5 Å². The topological polar surface area (TPSA) is 107 Å². The molecule has 3 rings (SSSR count). The molecule has 0 fully saturated rings. The second-order valence-electron chi connectivity index (χ2n) is 6.44. The molecular formula is C21H21N3O5S. The SMILES string of the molecule is CCCOc1ccc(C(=O)CCC(=O)OCC(=O)Nc2cccc3nsnc23)cc1.